The van der Waals surface area contributed by atoms with Crippen LogP contribution in [0.4, 0.5) is 0 Å². The Morgan fingerprint density at radius 2 is 1.69 bits per heavy atom. The number of hydrogen-bond donors (Lipinski definition) is 1. The highest BCUT2D eigenvalue weighted by Gasteiger charge is 2.31. The van der Waals surface area contributed by atoms with Crippen molar-refractivity contribution in [2.45, 2.75) is 12.8 Å². The second-order valence-electron chi connectivity index (χ2n) is 8.16. The highest BCUT2D eigenvalue weighted by Crippen LogP contribution is 2.45. The molecule has 36 heavy (non-hydrogen) atoms. The Bertz CT molecular complexity index is 1400. The number of nitrogens with zero attached hydrogens (tertiary/aromatic N) is 2. The molecule has 6 heteroatoms. The van der Waals surface area contributed by atoms with Gasteiger partial charge in [-0.2, -0.15) is 5.10 Å². The lowest BCUT2D eigenvalue weighted by molar-refractivity contribution is 0.0955. The Morgan fingerprint density at radius 1 is 0.972 bits per heavy atom. The number of carbonyl (C=O) groups is 1. The second kappa shape index (κ2) is 10.7. The highest BCUT2D eigenvalue weighted by atomic mass is 16.5. The Labute approximate surface area is 209 Å². The van der Waals surface area contributed by atoms with Gasteiger partial charge in [0.15, 0.2) is 0 Å². The van der Waals surface area contributed by atoms with Crippen molar-refractivity contribution < 1.29 is 14.3 Å². The average Bonchev–Trinajstić information content (AvgIpc) is 2.94. The second-order valence-corrected chi connectivity index (χ2v) is 8.16. The Kier molecular flexibility index (Phi) is 6.85. The number of fused-ring (bicyclic) bond motifs is 1. The van der Waals surface area contributed by atoms with Crippen LogP contribution in [0.2, 0.25) is 0 Å². The summed E-state index contributed by atoms with van der Waals surface area (Å²) in [5.74, 6) is 1.79. The van der Waals surface area contributed by atoms with Gasteiger partial charge >= 0.3 is 0 Å². The van der Waals surface area contributed by atoms with Crippen LogP contribution in [0.3, 0.4) is 0 Å². The number of allylic oxidation sites excluding steroid dienone is 1. The van der Waals surface area contributed by atoms with E-state index in [2.05, 4.69) is 33.7 Å². The number of nitrogens with one attached hydrogen (secondary N) is 1. The van der Waals surface area contributed by atoms with E-state index in [9.17, 15) is 4.79 Å². The standard InChI is InChI=1S/C30H25N3O3/c1-2-35-24-14-12-22(13-15-24)29-26(20-32-33-30(34)23-16-18-31-19-17-23)28(21-8-4-3-5-9-21)25-10-6-7-11-27(25)36-29/h3-20,28H,2H2,1H3,(H,33,34)/b32-20+/t28-/m0/s1. The smallest absolute Gasteiger partial charge is 0.271 e. The molecule has 1 N–H and O–H groups in total. The molecule has 3 aromatic carbocycles. The minimum absolute atomic E-state index is 0.140. The van der Waals surface area contributed by atoms with E-state index in [0.29, 0.717) is 17.9 Å². The topological polar surface area (TPSA) is 72.8 Å². The number of amides is 1. The number of hydrogen-bond acceptors (Lipinski definition) is 5. The van der Waals surface area contributed by atoms with Crippen LogP contribution in [-0.2, 0) is 0 Å². The van der Waals surface area contributed by atoms with E-state index in [0.717, 1.165) is 33.8 Å². The van der Waals surface area contributed by atoms with Crippen LogP contribution in [0.1, 0.15) is 39.9 Å². The van der Waals surface area contributed by atoms with Gasteiger partial charge in [-0.1, -0.05) is 48.5 Å². The summed E-state index contributed by atoms with van der Waals surface area (Å²) in [6, 6.07) is 29.3. The summed E-state index contributed by atoms with van der Waals surface area (Å²) in [5.41, 5.74) is 6.95. The fourth-order valence-corrected chi connectivity index (χ4v) is 4.24. The molecule has 1 aliphatic heterocycles. The quantitative estimate of drug-likeness (QED) is 0.270. The SMILES string of the molecule is CCOc1ccc(C2=C(/C=N/NC(=O)c3ccncc3)[C@@H](c3ccccc3)c3ccccc3O2)cc1. The van der Waals surface area contributed by atoms with E-state index < -0.39 is 0 Å². The molecule has 1 atom stereocenters. The van der Waals surface area contributed by atoms with Crippen LogP contribution < -0.4 is 14.9 Å². The maximum absolute atomic E-state index is 12.6. The van der Waals surface area contributed by atoms with Gasteiger partial charge < -0.3 is 9.47 Å². The predicted octanol–water partition coefficient (Wildman–Crippen LogP) is 5.83. The fraction of sp³-hybridized carbons (Fsp3) is 0.100. The molecule has 1 aliphatic rings. The number of para-hydroxylation sites is 1. The van der Waals surface area contributed by atoms with Crippen molar-refractivity contribution in [3.05, 3.63) is 131 Å². The minimum Gasteiger partial charge on any atom is -0.494 e. The number of aromatic nitrogens is 1. The Balaban J connectivity index is 1.59. The molecule has 178 valence electrons. The van der Waals surface area contributed by atoms with Crippen molar-refractivity contribution in [1.82, 2.24) is 10.4 Å². The molecule has 0 radical (unpaired) electrons. The van der Waals surface area contributed by atoms with Crippen LogP contribution in [0.5, 0.6) is 11.5 Å². The van der Waals surface area contributed by atoms with Gasteiger partial charge in [0.1, 0.15) is 17.3 Å². The van der Waals surface area contributed by atoms with Gasteiger partial charge in [0.05, 0.1) is 12.8 Å². The molecule has 0 spiro atoms. The number of ether oxygens (including phenoxy) is 2. The van der Waals surface area contributed by atoms with Crippen molar-refractivity contribution in [2.24, 2.45) is 5.10 Å². The molecule has 0 aliphatic carbocycles. The van der Waals surface area contributed by atoms with E-state index in [1.807, 2.05) is 67.6 Å². The summed E-state index contributed by atoms with van der Waals surface area (Å²) in [6.45, 7) is 2.55. The summed E-state index contributed by atoms with van der Waals surface area (Å²) < 4.78 is 12.1. The monoisotopic (exact) mass is 475 g/mol. The van der Waals surface area contributed by atoms with Crippen molar-refractivity contribution in [3.63, 3.8) is 0 Å². The summed E-state index contributed by atoms with van der Waals surface area (Å²) >= 11 is 0. The zero-order valence-corrected chi connectivity index (χ0v) is 19.8. The molecule has 0 fully saturated rings. The van der Waals surface area contributed by atoms with Crippen molar-refractivity contribution in [1.29, 1.82) is 0 Å². The summed E-state index contributed by atoms with van der Waals surface area (Å²) in [4.78, 5) is 16.5. The fourth-order valence-electron chi connectivity index (χ4n) is 4.24. The zero-order chi connectivity index (χ0) is 24.7. The van der Waals surface area contributed by atoms with E-state index >= 15 is 0 Å². The molecule has 4 aromatic rings. The molecule has 1 aromatic heterocycles. The number of rotatable bonds is 7. The Hall–Kier alpha value is -4.71. The molecule has 1 amide bonds. The number of pyridine rings is 1. The van der Waals surface area contributed by atoms with Crippen LogP contribution >= 0.6 is 0 Å². The maximum Gasteiger partial charge on any atom is 0.271 e. The first-order chi connectivity index (χ1) is 17.7. The lowest BCUT2D eigenvalue weighted by Crippen LogP contribution is -2.21. The van der Waals surface area contributed by atoms with E-state index in [4.69, 9.17) is 9.47 Å². The van der Waals surface area contributed by atoms with Crippen molar-refractivity contribution in [2.75, 3.05) is 6.61 Å². The summed E-state index contributed by atoms with van der Waals surface area (Å²) in [6.07, 6.45) is 4.82. The van der Waals surface area contributed by atoms with Gasteiger partial charge in [-0.05, 0) is 55.0 Å². The average molecular weight is 476 g/mol. The van der Waals surface area contributed by atoms with Crippen molar-refractivity contribution in [3.8, 4) is 11.5 Å². The van der Waals surface area contributed by atoms with Crippen LogP contribution in [0, 0.1) is 0 Å². The van der Waals surface area contributed by atoms with Gasteiger partial charge in [-0.25, -0.2) is 5.43 Å². The number of carbonyl (C=O) groups excluding carboxylic acids is 1. The van der Waals surface area contributed by atoms with E-state index in [-0.39, 0.29) is 11.8 Å². The van der Waals surface area contributed by atoms with Gasteiger partial charge in [-0.15, -0.1) is 0 Å². The predicted molar refractivity (Wildman–Crippen MR) is 140 cm³/mol. The highest BCUT2D eigenvalue weighted by molar-refractivity contribution is 5.97. The summed E-state index contributed by atoms with van der Waals surface area (Å²) in [7, 11) is 0. The molecule has 0 saturated heterocycles. The van der Waals surface area contributed by atoms with Crippen molar-refractivity contribution >= 4 is 17.9 Å². The third kappa shape index (κ3) is 4.88. The zero-order valence-electron chi connectivity index (χ0n) is 19.8. The minimum atomic E-state index is -0.315. The lowest BCUT2D eigenvalue weighted by Gasteiger charge is -2.30. The molecule has 6 nitrogen and oxygen atoms in total. The number of hydrazone groups is 1. The third-order valence-corrected chi connectivity index (χ3v) is 5.89. The first-order valence-corrected chi connectivity index (χ1v) is 11.8. The molecular weight excluding hydrogens is 450 g/mol. The molecular formula is C30H25N3O3. The van der Waals surface area contributed by atoms with E-state index in [1.54, 1.807) is 30.7 Å². The summed E-state index contributed by atoms with van der Waals surface area (Å²) in [5, 5.41) is 4.34. The molecule has 2 heterocycles. The molecule has 0 saturated carbocycles. The van der Waals surface area contributed by atoms with Crippen LogP contribution in [-0.4, -0.2) is 23.7 Å². The molecule has 5 rings (SSSR count). The Morgan fingerprint density at radius 3 is 2.44 bits per heavy atom. The van der Waals surface area contributed by atoms with Gasteiger partial charge in [-0.3, -0.25) is 9.78 Å². The lowest BCUT2D eigenvalue weighted by atomic mass is 9.81. The molecule has 0 unspecified atom stereocenters. The molecule has 0 bridgehead atoms. The van der Waals surface area contributed by atoms with Crippen LogP contribution in [0.25, 0.3) is 5.76 Å². The largest absolute Gasteiger partial charge is 0.494 e. The maximum atomic E-state index is 12.6. The first-order valence-electron chi connectivity index (χ1n) is 11.8. The van der Waals surface area contributed by atoms with Gasteiger partial charge in [0, 0.05) is 40.6 Å². The van der Waals surface area contributed by atoms with Gasteiger partial charge in [0.2, 0.25) is 0 Å². The van der Waals surface area contributed by atoms with E-state index in [1.165, 1.54) is 0 Å². The number of benzene rings is 3. The first kappa shape index (κ1) is 23.1. The van der Waals surface area contributed by atoms with Crippen LogP contribution in [0.15, 0.2) is 114 Å². The normalized spacial score (nSPS) is 14.8. The third-order valence-electron chi connectivity index (χ3n) is 5.89. The van der Waals surface area contributed by atoms with Gasteiger partial charge in [0.25, 0.3) is 5.91 Å².